The molecule has 0 fully saturated rings. The molecule has 0 radical (unpaired) electrons. The Balaban J connectivity index is 2.47. The highest BCUT2D eigenvalue weighted by Crippen LogP contribution is 2.20. The summed E-state index contributed by atoms with van der Waals surface area (Å²) in [4.78, 5) is 19.6. The zero-order valence-electron chi connectivity index (χ0n) is 11.1. The second-order valence-corrected chi connectivity index (χ2v) is 4.90. The third-order valence-corrected chi connectivity index (χ3v) is 3.32. The summed E-state index contributed by atoms with van der Waals surface area (Å²) >= 11 is 1.34. The first-order valence-corrected chi connectivity index (χ1v) is 6.97. The van der Waals surface area contributed by atoms with Gasteiger partial charge in [0.25, 0.3) is 0 Å². The zero-order chi connectivity index (χ0) is 15.0. The van der Waals surface area contributed by atoms with Crippen molar-refractivity contribution in [1.29, 1.82) is 0 Å². The lowest BCUT2D eigenvalue weighted by Gasteiger charge is -2.06. The molecule has 0 bridgehead atoms. The maximum atomic E-state index is 11.6. The number of carbonyl (C=O) groups is 1. The quantitative estimate of drug-likeness (QED) is 0.211. The third-order valence-electron chi connectivity index (χ3n) is 2.35. The lowest BCUT2D eigenvalue weighted by molar-refractivity contribution is 0.0543. The van der Waals surface area contributed by atoms with Gasteiger partial charge in [0, 0.05) is 11.9 Å². The van der Waals surface area contributed by atoms with Gasteiger partial charge >= 0.3 is 5.97 Å². The molecule has 1 atom stereocenters. The Bertz CT molecular complexity index is 482. The molecule has 0 amide bonds. The number of nitrogens with two attached hydrogens (primary N) is 3. The maximum Gasteiger partial charge on any atom is 0.358 e. The number of ether oxygens (including phenoxy) is 1. The number of esters is 1. The van der Waals surface area contributed by atoms with Crippen LogP contribution in [0.3, 0.4) is 0 Å². The van der Waals surface area contributed by atoms with Gasteiger partial charge in [-0.3, -0.25) is 4.99 Å². The summed E-state index contributed by atoms with van der Waals surface area (Å²) in [5.41, 5.74) is 16.7. The number of aromatic nitrogens is 1. The van der Waals surface area contributed by atoms with Crippen LogP contribution in [0.25, 0.3) is 0 Å². The summed E-state index contributed by atoms with van der Waals surface area (Å²) in [5, 5.41) is 2.33. The molecule has 0 unspecified atom stereocenters. The van der Waals surface area contributed by atoms with Crippen molar-refractivity contribution < 1.29 is 9.53 Å². The Kier molecular flexibility index (Phi) is 6.68. The number of hydrogen-bond donors (Lipinski definition) is 3. The van der Waals surface area contributed by atoms with Crippen molar-refractivity contribution in [2.24, 2.45) is 22.2 Å². The number of aliphatic imine (C=N–C) groups is 1. The molecule has 1 rings (SSSR count). The van der Waals surface area contributed by atoms with Crippen LogP contribution in [-0.2, 0) is 4.74 Å². The van der Waals surface area contributed by atoms with Gasteiger partial charge in [0.2, 0.25) is 0 Å². The number of rotatable bonds is 8. The molecular formula is C12H19N5O2S. The van der Waals surface area contributed by atoms with Crippen LogP contribution in [0.1, 0.15) is 34.4 Å². The predicted octanol–water partition coefficient (Wildman–Crippen LogP) is 0.539. The lowest BCUT2D eigenvalue weighted by atomic mass is 10.2. The smallest absolute Gasteiger partial charge is 0.358 e. The monoisotopic (exact) mass is 297 g/mol. The summed E-state index contributed by atoms with van der Waals surface area (Å²) in [6.45, 7) is 4.16. The molecule has 8 heteroatoms. The molecule has 0 aromatic carbocycles. The van der Waals surface area contributed by atoms with Gasteiger partial charge in [-0.25, -0.2) is 9.78 Å². The van der Waals surface area contributed by atoms with E-state index in [1.165, 1.54) is 17.4 Å². The van der Waals surface area contributed by atoms with E-state index in [0.29, 0.717) is 18.0 Å². The first-order chi connectivity index (χ1) is 9.54. The van der Waals surface area contributed by atoms with Gasteiger partial charge in [-0.05, 0) is 12.8 Å². The van der Waals surface area contributed by atoms with E-state index in [1.54, 1.807) is 5.38 Å². The molecule has 20 heavy (non-hydrogen) atoms. The van der Waals surface area contributed by atoms with E-state index in [0.717, 1.165) is 6.42 Å². The molecule has 0 aliphatic rings. The van der Waals surface area contributed by atoms with Crippen molar-refractivity contribution in [1.82, 2.24) is 4.98 Å². The van der Waals surface area contributed by atoms with Crippen LogP contribution < -0.4 is 17.2 Å². The van der Waals surface area contributed by atoms with Crippen LogP contribution in [0.15, 0.2) is 23.0 Å². The van der Waals surface area contributed by atoms with Crippen LogP contribution in [0.5, 0.6) is 0 Å². The van der Waals surface area contributed by atoms with Crippen LogP contribution in [0.4, 0.5) is 0 Å². The van der Waals surface area contributed by atoms with Crippen molar-refractivity contribution in [3.63, 3.8) is 0 Å². The molecular weight excluding hydrogens is 278 g/mol. The Morgan fingerprint density at radius 1 is 1.60 bits per heavy atom. The van der Waals surface area contributed by atoms with E-state index in [2.05, 4.69) is 16.6 Å². The van der Waals surface area contributed by atoms with E-state index < -0.39 is 5.97 Å². The minimum Gasteiger partial charge on any atom is -0.457 e. The average molecular weight is 297 g/mol. The van der Waals surface area contributed by atoms with Crippen molar-refractivity contribution >= 4 is 23.3 Å². The van der Waals surface area contributed by atoms with Crippen molar-refractivity contribution in [2.75, 3.05) is 13.2 Å². The molecule has 1 aromatic heterocycles. The van der Waals surface area contributed by atoms with Gasteiger partial charge in [0.1, 0.15) is 11.6 Å². The first-order valence-electron chi connectivity index (χ1n) is 6.09. The third kappa shape index (κ3) is 5.37. The van der Waals surface area contributed by atoms with Crippen LogP contribution in [0, 0.1) is 0 Å². The molecule has 6 N–H and O–H groups in total. The molecule has 1 heterocycles. The fourth-order valence-electron chi connectivity index (χ4n) is 1.40. The number of thiazole rings is 1. The maximum absolute atomic E-state index is 11.6. The first kappa shape index (κ1) is 16.1. The molecule has 7 nitrogen and oxygen atoms in total. The van der Waals surface area contributed by atoms with Crippen molar-refractivity contribution in [3.8, 4) is 0 Å². The number of guanidine groups is 1. The van der Waals surface area contributed by atoms with E-state index in [-0.39, 0.29) is 24.3 Å². The number of carbonyl (C=O) groups excluding carboxylic acids is 1. The van der Waals surface area contributed by atoms with E-state index >= 15 is 0 Å². The Morgan fingerprint density at radius 2 is 2.35 bits per heavy atom. The van der Waals surface area contributed by atoms with Gasteiger partial charge < -0.3 is 21.9 Å². The minimum absolute atomic E-state index is 0.0695. The molecule has 0 saturated carbocycles. The van der Waals surface area contributed by atoms with Gasteiger partial charge in [-0.1, -0.05) is 12.7 Å². The summed E-state index contributed by atoms with van der Waals surface area (Å²) in [6, 6.07) is -0.241. The fraction of sp³-hybridized carbons (Fsp3) is 0.417. The van der Waals surface area contributed by atoms with Crippen LogP contribution in [0.2, 0.25) is 0 Å². The normalized spacial score (nSPS) is 11.7. The average Bonchev–Trinajstić information content (AvgIpc) is 2.90. The fourth-order valence-corrected chi connectivity index (χ4v) is 2.23. The summed E-state index contributed by atoms with van der Waals surface area (Å²) in [7, 11) is 0. The minimum atomic E-state index is -0.472. The van der Waals surface area contributed by atoms with Crippen LogP contribution in [-0.4, -0.2) is 30.1 Å². The van der Waals surface area contributed by atoms with E-state index in [4.69, 9.17) is 21.9 Å². The number of nitrogens with zero attached hydrogens (tertiary/aromatic N) is 2. The zero-order valence-corrected chi connectivity index (χ0v) is 11.9. The highest BCUT2D eigenvalue weighted by atomic mass is 32.1. The predicted molar refractivity (Wildman–Crippen MR) is 79.4 cm³/mol. The second-order valence-electron chi connectivity index (χ2n) is 4.01. The highest BCUT2D eigenvalue weighted by Gasteiger charge is 2.15. The molecule has 0 saturated heterocycles. The number of hydrogen-bond acceptors (Lipinski definition) is 6. The van der Waals surface area contributed by atoms with Crippen LogP contribution >= 0.6 is 11.3 Å². The van der Waals surface area contributed by atoms with Gasteiger partial charge in [-0.2, -0.15) is 0 Å². The Labute approximate surface area is 121 Å². The standard InChI is InChI=1S/C12H19N5O2S/c1-2-6-19-11(18)9-7-20-10(17-9)8(13)4-3-5-16-12(14)15/h2,7-8H,1,3-6,13H2,(H4,14,15,16)/t8-/m0/s1. The van der Waals surface area contributed by atoms with E-state index in [9.17, 15) is 4.79 Å². The SMILES string of the molecule is C=CCOC(=O)c1csc([C@@H](N)CCCN=C(N)N)n1. The second kappa shape index (κ2) is 8.28. The van der Waals surface area contributed by atoms with Gasteiger partial charge in [0.05, 0.1) is 6.04 Å². The van der Waals surface area contributed by atoms with Crippen molar-refractivity contribution in [2.45, 2.75) is 18.9 Å². The molecule has 0 aliphatic heterocycles. The lowest BCUT2D eigenvalue weighted by Crippen LogP contribution is -2.23. The van der Waals surface area contributed by atoms with Gasteiger partial charge in [-0.15, -0.1) is 11.3 Å². The van der Waals surface area contributed by atoms with Crippen molar-refractivity contribution in [3.05, 3.63) is 28.7 Å². The highest BCUT2D eigenvalue weighted by molar-refractivity contribution is 7.09. The Morgan fingerprint density at radius 3 is 3.00 bits per heavy atom. The largest absolute Gasteiger partial charge is 0.457 e. The summed E-state index contributed by atoms with van der Waals surface area (Å²) < 4.78 is 4.90. The topological polar surface area (TPSA) is 130 Å². The molecule has 0 spiro atoms. The summed E-state index contributed by atoms with van der Waals surface area (Å²) in [5.74, 6) is -0.403. The Hall–Kier alpha value is -1.93. The molecule has 1 aromatic rings. The van der Waals surface area contributed by atoms with E-state index in [1.807, 2.05) is 0 Å². The molecule has 0 aliphatic carbocycles. The molecule has 110 valence electrons. The summed E-state index contributed by atoms with van der Waals surface area (Å²) in [6.07, 6.45) is 2.93. The van der Waals surface area contributed by atoms with Gasteiger partial charge in [0.15, 0.2) is 11.7 Å².